The van der Waals surface area contributed by atoms with Gasteiger partial charge in [-0.05, 0) is 31.5 Å². The molecule has 29 heavy (non-hydrogen) atoms. The number of hydrogen-bond donors (Lipinski definition) is 1. The van der Waals surface area contributed by atoms with Crippen LogP contribution in [0.25, 0.3) is 5.69 Å². The monoisotopic (exact) mass is 433 g/mol. The Balaban J connectivity index is 1.49. The summed E-state index contributed by atoms with van der Waals surface area (Å²) < 4.78 is 1.28. The van der Waals surface area contributed by atoms with E-state index in [1.165, 1.54) is 4.68 Å². The third kappa shape index (κ3) is 4.14. The first-order chi connectivity index (χ1) is 13.9. The second kappa shape index (κ2) is 8.14. The first-order valence-corrected chi connectivity index (χ1v) is 10.1. The van der Waals surface area contributed by atoms with Gasteiger partial charge in [-0.1, -0.05) is 29.3 Å². The zero-order chi connectivity index (χ0) is 20.5. The molecule has 1 fully saturated rings. The van der Waals surface area contributed by atoms with Gasteiger partial charge in [-0.25, -0.2) is 4.98 Å². The van der Waals surface area contributed by atoms with Gasteiger partial charge in [-0.15, -0.1) is 0 Å². The second-order valence-electron chi connectivity index (χ2n) is 7.09. The number of nitrogens with one attached hydrogen (secondary N) is 1. The van der Waals surface area contributed by atoms with Gasteiger partial charge in [0.05, 0.1) is 24.1 Å². The molecule has 3 heterocycles. The maximum atomic E-state index is 12.8. The fraction of sp³-hybridized carbons (Fsp3) is 0.368. The number of aromatic amines is 1. The number of hydrogen-bond acceptors (Lipinski definition) is 6. The predicted molar refractivity (Wildman–Crippen MR) is 113 cm³/mol. The van der Waals surface area contributed by atoms with Crippen LogP contribution < -0.4 is 10.5 Å². The van der Waals surface area contributed by atoms with E-state index in [0.29, 0.717) is 22.9 Å². The van der Waals surface area contributed by atoms with Gasteiger partial charge in [0, 0.05) is 31.2 Å². The quantitative estimate of drug-likeness (QED) is 0.680. The number of benzene rings is 1. The average molecular weight is 434 g/mol. The Morgan fingerprint density at radius 1 is 1.14 bits per heavy atom. The van der Waals surface area contributed by atoms with Crippen LogP contribution in [0.15, 0.2) is 29.2 Å². The Kier molecular flexibility index (Phi) is 5.58. The smallest absolute Gasteiger partial charge is 0.292 e. The van der Waals surface area contributed by atoms with Crippen LogP contribution in [0.3, 0.4) is 0 Å². The lowest BCUT2D eigenvalue weighted by Gasteiger charge is -2.35. The van der Waals surface area contributed by atoms with Gasteiger partial charge in [0.1, 0.15) is 10.8 Å². The lowest BCUT2D eigenvalue weighted by molar-refractivity contribution is 0.244. The zero-order valence-electron chi connectivity index (χ0n) is 16.2. The van der Waals surface area contributed by atoms with Crippen molar-refractivity contribution in [3.05, 3.63) is 62.0 Å². The van der Waals surface area contributed by atoms with Crippen molar-refractivity contribution in [2.75, 3.05) is 31.1 Å². The molecular weight excluding hydrogens is 413 g/mol. The Morgan fingerprint density at radius 3 is 2.55 bits per heavy atom. The van der Waals surface area contributed by atoms with Crippen molar-refractivity contribution in [2.45, 2.75) is 20.4 Å². The van der Waals surface area contributed by atoms with E-state index in [-0.39, 0.29) is 10.6 Å². The highest BCUT2D eigenvalue weighted by atomic mass is 35.5. The van der Waals surface area contributed by atoms with Gasteiger partial charge in [0.15, 0.2) is 5.82 Å². The summed E-state index contributed by atoms with van der Waals surface area (Å²) in [6.07, 6.45) is 1.64. The summed E-state index contributed by atoms with van der Waals surface area (Å²) in [4.78, 5) is 21.5. The number of halogens is 2. The molecule has 0 atom stereocenters. The largest absolute Gasteiger partial charge is 0.366 e. The molecule has 4 rings (SSSR count). The van der Waals surface area contributed by atoms with Gasteiger partial charge < -0.3 is 4.90 Å². The number of rotatable bonds is 4. The van der Waals surface area contributed by atoms with Crippen LogP contribution in [0, 0.1) is 13.8 Å². The van der Waals surface area contributed by atoms with Crippen molar-refractivity contribution < 1.29 is 0 Å². The summed E-state index contributed by atoms with van der Waals surface area (Å²) in [7, 11) is 0. The molecule has 1 aliphatic heterocycles. The van der Waals surface area contributed by atoms with Crippen molar-refractivity contribution >= 4 is 28.9 Å². The van der Waals surface area contributed by atoms with Crippen molar-refractivity contribution in [2.24, 2.45) is 0 Å². The van der Waals surface area contributed by atoms with E-state index in [0.717, 1.165) is 43.4 Å². The SMILES string of the molecule is Cc1nc(CN2CCN(c3cnn(-c4ccc(C)c(Cl)c4)c(=O)c3Cl)CC2)n[nH]1. The third-order valence-electron chi connectivity index (χ3n) is 5.02. The van der Waals surface area contributed by atoms with Crippen LogP contribution in [0.1, 0.15) is 17.2 Å². The van der Waals surface area contributed by atoms with Crippen LogP contribution in [0.5, 0.6) is 0 Å². The van der Waals surface area contributed by atoms with Crippen molar-refractivity contribution in [3.63, 3.8) is 0 Å². The van der Waals surface area contributed by atoms with E-state index in [2.05, 4.69) is 30.1 Å². The highest BCUT2D eigenvalue weighted by Crippen LogP contribution is 2.24. The molecule has 3 aromatic rings. The van der Waals surface area contributed by atoms with Gasteiger partial charge in [0.2, 0.25) is 0 Å². The minimum atomic E-state index is -0.359. The van der Waals surface area contributed by atoms with Crippen LogP contribution in [-0.4, -0.2) is 56.0 Å². The Bertz CT molecular complexity index is 1090. The van der Waals surface area contributed by atoms with Crippen LogP contribution in [0.4, 0.5) is 5.69 Å². The molecule has 0 bridgehead atoms. The van der Waals surface area contributed by atoms with Crippen LogP contribution >= 0.6 is 23.2 Å². The van der Waals surface area contributed by atoms with E-state index in [1.807, 2.05) is 19.9 Å². The predicted octanol–water partition coefficient (Wildman–Crippen LogP) is 2.60. The molecule has 1 aliphatic rings. The molecule has 1 N–H and O–H groups in total. The first kappa shape index (κ1) is 19.9. The molecule has 0 unspecified atom stereocenters. The normalized spacial score (nSPS) is 15.1. The lowest BCUT2D eigenvalue weighted by atomic mass is 10.2. The Morgan fingerprint density at radius 2 is 1.90 bits per heavy atom. The molecule has 0 saturated carbocycles. The highest BCUT2D eigenvalue weighted by Gasteiger charge is 2.22. The summed E-state index contributed by atoms with van der Waals surface area (Å²) in [5, 5.41) is 12.1. The minimum absolute atomic E-state index is 0.162. The average Bonchev–Trinajstić information content (AvgIpc) is 3.12. The lowest BCUT2D eigenvalue weighted by Crippen LogP contribution is -2.46. The Hall–Kier alpha value is -2.42. The molecule has 10 heteroatoms. The highest BCUT2D eigenvalue weighted by molar-refractivity contribution is 6.33. The van der Waals surface area contributed by atoms with E-state index < -0.39 is 0 Å². The van der Waals surface area contributed by atoms with Crippen LogP contribution in [-0.2, 0) is 6.54 Å². The van der Waals surface area contributed by atoms with Crippen molar-refractivity contribution in [1.29, 1.82) is 0 Å². The van der Waals surface area contributed by atoms with Gasteiger partial charge in [-0.3, -0.25) is 14.8 Å². The number of nitrogens with zero attached hydrogens (tertiary/aromatic N) is 6. The van der Waals surface area contributed by atoms with Crippen molar-refractivity contribution in [1.82, 2.24) is 29.9 Å². The number of anilines is 1. The Labute approximate surface area is 178 Å². The molecule has 0 amide bonds. The fourth-order valence-corrected chi connectivity index (χ4v) is 3.77. The summed E-state index contributed by atoms with van der Waals surface area (Å²) in [5.74, 6) is 1.60. The maximum Gasteiger partial charge on any atom is 0.292 e. The number of aromatic nitrogens is 5. The summed E-state index contributed by atoms with van der Waals surface area (Å²) in [6.45, 7) is 7.61. The molecular formula is C19H21Cl2N7O. The summed E-state index contributed by atoms with van der Waals surface area (Å²) in [6, 6.07) is 5.36. The molecule has 2 aromatic heterocycles. The first-order valence-electron chi connectivity index (χ1n) is 9.32. The van der Waals surface area contributed by atoms with Crippen LogP contribution in [0.2, 0.25) is 10.0 Å². The zero-order valence-corrected chi connectivity index (χ0v) is 17.7. The minimum Gasteiger partial charge on any atom is -0.366 e. The van der Waals surface area contributed by atoms with Crippen molar-refractivity contribution in [3.8, 4) is 5.69 Å². The molecule has 1 saturated heterocycles. The van der Waals surface area contributed by atoms with E-state index in [9.17, 15) is 4.79 Å². The molecule has 0 spiro atoms. The van der Waals surface area contributed by atoms with Gasteiger partial charge in [-0.2, -0.15) is 14.9 Å². The number of H-pyrrole nitrogens is 1. The number of aryl methyl sites for hydroxylation is 2. The summed E-state index contributed by atoms with van der Waals surface area (Å²) >= 11 is 12.6. The molecule has 1 aromatic carbocycles. The van der Waals surface area contributed by atoms with E-state index >= 15 is 0 Å². The maximum absolute atomic E-state index is 12.8. The molecule has 0 aliphatic carbocycles. The molecule has 8 nitrogen and oxygen atoms in total. The topological polar surface area (TPSA) is 82.9 Å². The van der Waals surface area contributed by atoms with E-state index in [4.69, 9.17) is 23.2 Å². The van der Waals surface area contributed by atoms with E-state index in [1.54, 1.807) is 18.3 Å². The fourth-order valence-electron chi connectivity index (χ4n) is 3.35. The standard InChI is InChI=1S/C19H21Cl2N7O/c1-12-3-4-14(9-15(12)20)28-19(29)18(21)16(10-22-28)27-7-5-26(6-8-27)11-17-23-13(2)24-25-17/h3-4,9-10H,5-8,11H2,1-2H3,(H,23,24,25). The second-order valence-corrected chi connectivity index (χ2v) is 7.88. The summed E-state index contributed by atoms with van der Waals surface area (Å²) in [5.41, 5.74) is 1.82. The van der Waals surface area contributed by atoms with Gasteiger partial charge >= 0.3 is 0 Å². The van der Waals surface area contributed by atoms with Gasteiger partial charge in [0.25, 0.3) is 5.56 Å². The number of piperazine rings is 1. The third-order valence-corrected chi connectivity index (χ3v) is 5.78. The molecule has 0 radical (unpaired) electrons. The molecule has 152 valence electrons.